The van der Waals surface area contributed by atoms with Gasteiger partial charge in [-0.3, -0.25) is 9.59 Å². The number of para-hydroxylation sites is 2. The summed E-state index contributed by atoms with van der Waals surface area (Å²) in [7, 11) is 1.71. The minimum atomic E-state index is -0.244. The molecule has 2 heterocycles. The van der Waals surface area contributed by atoms with Crippen molar-refractivity contribution in [1.82, 2.24) is 4.90 Å². The lowest BCUT2D eigenvalue weighted by molar-refractivity contribution is -0.131. The number of ketones is 1. The van der Waals surface area contributed by atoms with Crippen molar-refractivity contribution in [3.05, 3.63) is 48.0 Å². The van der Waals surface area contributed by atoms with Gasteiger partial charge in [0.1, 0.15) is 6.61 Å². The molecule has 2 aliphatic heterocycles. The Labute approximate surface area is 175 Å². The number of Topliss-reactive ketones (excluding diaryl/α,β-unsaturated/α-hetero) is 1. The topological polar surface area (TPSA) is 74.3 Å². The Hall–Kier alpha value is -3.22. The average Bonchev–Trinajstić information content (AvgIpc) is 3.02. The molecule has 0 bridgehead atoms. The third-order valence-electron chi connectivity index (χ3n) is 5.11. The van der Waals surface area contributed by atoms with Crippen LogP contribution in [0, 0.1) is 0 Å². The maximum absolute atomic E-state index is 12.6. The number of likely N-dealkylation sites (N-methyl/N-ethyl adjacent to an activating group) is 1. The smallest absolute Gasteiger partial charge is 0.222 e. The third-order valence-corrected chi connectivity index (χ3v) is 5.11. The molecular formula is C23H25NO6. The standard InChI is InChI=1S/C23H25NO6/c1-24(14-17-15-29-19-5-2-3-6-21(19)30-17)23(26)10-8-18(25)16-7-9-20-22(13-16)28-12-4-11-27-20/h2-3,5-7,9,13,17H,4,8,10-12,14-15H2,1H3. The second-order valence-corrected chi connectivity index (χ2v) is 7.41. The Kier molecular flexibility index (Phi) is 6.07. The number of benzene rings is 2. The summed E-state index contributed by atoms with van der Waals surface area (Å²) in [5, 5.41) is 0. The van der Waals surface area contributed by atoms with Gasteiger partial charge in [0.15, 0.2) is 34.9 Å². The highest BCUT2D eigenvalue weighted by Crippen LogP contribution is 2.32. The van der Waals surface area contributed by atoms with Crippen molar-refractivity contribution < 1.29 is 28.5 Å². The molecule has 30 heavy (non-hydrogen) atoms. The molecule has 0 aromatic heterocycles. The summed E-state index contributed by atoms with van der Waals surface area (Å²) < 4.78 is 22.8. The molecule has 0 aliphatic carbocycles. The van der Waals surface area contributed by atoms with Crippen molar-refractivity contribution in [2.75, 3.05) is 33.4 Å². The van der Waals surface area contributed by atoms with Crippen LogP contribution in [0.5, 0.6) is 23.0 Å². The quantitative estimate of drug-likeness (QED) is 0.680. The number of nitrogens with zero attached hydrogens (tertiary/aromatic N) is 1. The van der Waals surface area contributed by atoms with E-state index in [0.29, 0.717) is 54.9 Å². The van der Waals surface area contributed by atoms with Gasteiger partial charge in [0.25, 0.3) is 0 Å². The molecule has 2 aliphatic rings. The van der Waals surface area contributed by atoms with Crippen LogP contribution in [-0.2, 0) is 4.79 Å². The second-order valence-electron chi connectivity index (χ2n) is 7.41. The maximum Gasteiger partial charge on any atom is 0.222 e. The first-order valence-corrected chi connectivity index (χ1v) is 10.2. The molecule has 0 N–H and O–H groups in total. The second kappa shape index (κ2) is 9.07. The number of fused-ring (bicyclic) bond motifs is 2. The highest BCUT2D eigenvalue weighted by molar-refractivity contribution is 5.98. The fourth-order valence-corrected chi connectivity index (χ4v) is 3.45. The zero-order valence-corrected chi connectivity index (χ0v) is 17.0. The normalized spacial score (nSPS) is 17.0. The average molecular weight is 411 g/mol. The van der Waals surface area contributed by atoms with Crippen molar-refractivity contribution in [2.45, 2.75) is 25.4 Å². The lowest BCUT2D eigenvalue weighted by Gasteiger charge is -2.29. The summed E-state index contributed by atoms with van der Waals surface area (Å²) in [6, 6.07) is 12.6. The number of ether oxygens (including phenoxy) is 4. The lowest BCUT2D eigenvalue weighted by atomic mass is 10.1. The third kappa shape index (κ3) is 4.67. The van der Waals surface area contributed by atoms with Crippen LogP contribution in [0.4, 0.5) is 0 Å². The highest BCUT2D eigenvalue weighted by atomic mass is 16.6. The fraction of sp³-hybridized carbons (Fsp3) is 0.391. The molecule has 2 aromatic carbocycles. The van der Waals surface area contributed by atoms with E-state index in [1.165, 1.54) is 0 Å². The summed E-state index contributed by atoms with van der Waals surface area (Å²) >= 11 is 0. The van der Waals surface area contributed by atoms with Gasteiger partial charge in [-0.05, 0) is 30.3 Å². The minimum Gasteiger partial charge on any atom is -0.490 e. The van der Waals surface area contributed by atoms with Crippen LogP contribution in [0.3, 0.4) is 0 Å². The minimum absolute atomic E-state index is 0.0985. The molecule has 158 valence electrons. The van der Waals surface area contributed by atoms with E-state index in [1.807, 2.05) is 24.3 Å². The Balaban J connectivity index is 1.28. The molecule has 0 fully saturated rings. The van der Waals surface area contributed by atoms with Crippen LogP contribution in [0.2, 0.25) is 0 Å². The number of hydrogen-bond acceptors (Lipinski definition) is 6. The van der Waals surface area contributed by atoms with Crippen LogP contribution in [0.25, 0.3) is 0 Å². The summed E-state index contributed by atoms with van der Waals surface area (Å²) in [4.78, 5) is 26.7. The van der Waals surface area contributed by atoms with E-state index in [2.05, 4.69) is 0 Å². The monoisotopic (exact) mass is 411 g/mol. The lowest BCUT2D eigenvalue weighted by Crippen LogP contribution is -2.41. The van der Waals surface area contributed by atoms with Gasteiger partial charge in [0, 0.05) is 31.9 Å². The molecule has 1 unspecified atom stereocenters. The molecule has 4 rings (SSSR count). The largest absolute Gasteiger partial charge is 0.490 e. The highest BCUT2D eigenvalue weighted by Gasteiger charge is 2.24. The molecule has 0 spiro atoms. The van der Waals surface area contributed by atoms with E-state index < -0.39 is 0 Å². The van der Waals surface area contributed by atoms with Gasteiger partial charge >= 0.3 is 0 Å². The number of rotatable bonds is 6. The van der Waals surface area contributed by atoms with E-state index in [9.17, 15) is 9.59 Å². The molecule has 1 atom stereocenters. The molecule has 1 amide bonds. The molecule has 0 saturated carbocycles. The molecule has 7 heteroatoms. The summed E-state index contributed by atoms with van der Waals surface area (Å²) in [5.41, 5.74) is 0.523. The summed E-state index contributed by atoms with van der Waals surface area (Å²) in [6.07, 6.45) is 0.827. The Morgan fingerprint density at radius 2 is 1.67 bits per heavy atom. The van der Waals surface area contributed by atoms with Crippen molar-refractivity contribution in [3.63, 3.8) is 0 Å². The van der Waals surface area contributed by atoms with Crippen molar-refractivity contribution in [1.29, 1.82) is 0 Å². The predicted molar refractivity (Wildman–Crippen MR) is 110 cm³/mol. The number of carbonyl (C=O) groups excluding carboxylic acids is 2. The fourth-order valence-electron chi connectivity index (χ4n) is 3.45. The van der Waals surface area contributed by atoms with Gasteiger partial charge in [-0.1, -0.05) is 12.1 Å². The zero-order valence-electron chi connectivity index (χ0n) is 17.0. The first kappa shape index (κ1) is 20.1. The molecule has 7 nitrogen and oxygen atoms in total. The van der Waals surface area contributed by atoms with Crippen LogP contribution < -0.4 is 18.9 Å². The van der Waals surface area contributed by atoms with E-state index in [0.717, 1.165) is 6.42 Å². The van der Waals surface area contributed by atoms with Crippen LogP contribution >= 0.6 is 0 Å². The molecule has 0 radical (unpaired) electrons. The molecular weight excluding hydrogens is 386 g/mol. The summed E-state index contributed by atoms with van der Waals surface area (Å²) in [6.45, 7) is 1.93. The maximum atomic E-state index is 12.6. The number of amides is 1. The van der Waals surface area contributed by atoms with E-state index in [1.54, 1.807) is 30.1 Å². The van der Waals surface area contributed by atoms with Gasteiger partial charge in [0.05, 0.1) is 19.8 Å². The van der Waals surface area contributed by atoms with E-state index in [4.69, 9.17) is 18.9 Å². The summed E-state index contributed by atoms with van der Waals surface area (Å²) in [5.74, 6) is 2.41. The Bertz CT molecular complexity index is 928. The van der Waals surface area contributed by atoms with Crippen molar-refractivity contribution in [3.8, 4) is 23.0 Å². The van der Waals surface area contributed by atoms with Gasteiger partial charge in [-0.2, -0.15) is 0 Å². The van der Waals surface area contributed by atoms with E-state index in [-0.39, 0.29) is 30.6 Å². The Morgan fingerprint density at radius 1 is 0.933 bits per heavy atom. The zero-order chi connectivity index (χ0) is 20.9. The number of hydrogen-bond donors (Lipinski definition) is 0. The first-order chi connectivity index (χ1) is 14.6. The SMILES string of the molecule is CN(CC1COc2ccccc2O1)C(=O)CCC(=O)c1ccc2c(c1)OCCCO2. The van der Waals surface area contributed by atoms with E-state index >= 15 is 0 Å². The van der Waals surface area contributed by atoms with Gasteiger partial charge < -0.3 is 23.8 Å². The predicted octanol–water partition coefficient (Wildman–Crippen LogP) is 3.11. The van der Waals surface area contributed by atoms with Crippen molar-refractivity contribution >= 4 is 11.7 Å². The van der Waals surface area contributed by atoms with Crippen LogP contribution in [-0.4, -0.2) is 56.1 Å². The number of carbonyl (C=O) groups is 2. The van der Waals surface area contributed by atoms with Gasteiger partial charge in [0.2, 0.25) is 5.91 Å². The molecule has 0 saturated heterocycles. The first-order valence-electron chi connectivity index (χ1n) is 10.2. The van der Waals surface area contributed by atoms with Crippen LogP contribution in [0.1, 0.15) is 29.6 Å². The van der Waals surface area contributed by atoms with Crippen molar-refractivity contribution in [2.24, 2.45) is 0 Å². The molecule has 2 aromatic rings. The Morgan fingerprint density at radius 3 is 2.50 bits per heavy atom. The van der Waals surface area contributed by atoms with Crippen LogP contribution in [0.15, 0.2) is 42.5 Å². The van der Waals surface area contributed by atoms with Gasteiger partial charge in [-0.15, -0.1) is 0 Å². The van der Waals surface area contributed by atoms with Gasteiger partial charge in [-0.25, -0.2) is 0 Å².